The van der Waals surface area contributed by atoms with E-state index in [-0.39, 0.29) is 17.9 Å². The lowest BCUT2D eigenvalue weighted by Crippen LogP contribution is -2.49. The maximum absolute atomic E-state index is 11.7. The van der Waals surface area contributed by atoms with Gasteiger partial charge in [-0.2, -0.15) is 0 Å². The zero-order valence-corrected chi connectivity index (χ0v) is 9.61. The fourth-order valence-corrected chi connectivity index (χ4v) is 2.44. The highest BCUT2D eigenvalue weighted by Crippen LogP contribution is 2.38. The number of rotatable bonds is 2. The molecular formula is C11H19NO4. The van der Waals surface area contributed by atoms with Gasteiger partial charge in [-0.3, -0.25) is 4.79 Å². The molecule has 16 heavy (non-hydrogen) atoms. The lowest BCUT2D eigenvalue weighted by Gasteiger charge is -2.38. The van der Waals surface area contributed by atoms with Crippen LogP contribution in [0.4, 0.5) is 0 Å². The van der Waals surface area contributed by atoms with Crippen molar-refractivity contribution in [2.45, 2.75) is 38.0 Å². The van der Waals surface area contributed by atoms with Crippen molar-refractivity contribution < 1.29 is 19.0 Å². The molecule has 1 aliphatic heterocycles. The molecule has 1 saturated heterocycles. The molecule has 0 radical (unpaired) electrons. The summed E-state index contributed by atoms with van der Waals surface area (Å²) in [7, 11) is 0. The Labute approximate surface area is 95.2 Å². The van der Waals surface area contributed by atoms with Crippen molar-refractivity contribution in [3.05, 3.63) is 0 Å². The Hall–Kier alpha value is -0.650. The highest BCUT2D eigenvalue weighted by atomic mass is 16.7. The smallest absolute Gasteiger partial charge is 0.310 e. The van der Waals surface area contributed by atoms with Crippen molar-refractivity contribution in [1.82, 2.24) is 0 Å². The monoisotopic (exact) mass is 229 g/mol. The van der Waals surface area contributed by atoms with Gasteiger partial charge in [-0.15, -0.1) is 0 Å². The number of esters is 1. The van der Waals surface area contributed by atoms with Crippen molar-refractivity contribution >= 4 is 5.97 Å². The van der Waals surface area contributed by atoms with E-state index in [2.05, 4.69) is 0 Å². The molecule has 2 N–H and O–H groups in total. The number of hydrogen-bond acceptors (Lipinski definition) is 5. The summed E-state index contributed by atoms with van der Waals surface area (Å²) >= 11 is 0. The second-order valence-electron chi connectivity index (χ2n) is 4.37. The van der Waals surface area contributed by atoms with Gasteiger partial charge in [-0.25, -0.2) is 0 Å². The van der Waals surface area contributed by atoms with E-state index in [9.17, 15) is 4.79 Å². The van der Waals surface area contributed by atoms with Crippen LogP contribution in [0.2, 0.25) is 0 Å². The molecule has 2 fully saturated rings. The predicted molar refractivity (Wildman–Crippen MR) is 56.6 cm³/mol. The molecule has 5 nitrogen and oxygen atoms in total. The average Bonchev–Trinajstić information content (AvgIpc) is 2.71. The summed E-state index contributed by atoms with van der Waals surface area (Å²) in [6, 6.07) is -0.141. The molecule has 0 amide bonds. The first kappa shape index (κ1) is 11.8. The highest BCUT2D eigenvalue weighted by Gasteiger charge is 2.47. The molecule has 2 aliphatic rings. The van der Waals surface area contributed by atoms with Crippen molar-refractivity contribution in [2.75, 3.05) is 19.8 Å². The van der Waals surface area contributed by atoms with E-state index in [0.29, 0.717) is 26.2 Å². The number of carbonyl (C=O) groups excluding carboxylic acids is 1. The Kier molecular flexibility index (Phi) is 3.47. The molecule has 1 saturated carbocycles. The van der Waals surface area contributed by atoms with Crippen molar-refractivity contribution in [3.63, 3.8) is 0 Å². The molecule has 2 rings (SSSR count). The van der Waals surface area contributed by atoms with E-state index in [1.54, 1.807) is 6.92 Å². The summed E-state index contributed by atoms with van der Waals surface area (Å²) in [5.74, 6) is -1.10. The van der Waals surface area contributed by atoms with Crippen LogP contribution in [0.3, 0.4) is 0 Å². The van der Waals surface area contributed by atoms with E-state index in [1.807, 2.05) is 0 Å². The quantitative estimate of drug-likeness (QED) is 0.695. The van der Waals surface area contributed by atoms with Crippen LogP contribution < -0.4 is 5.73 Å². The van der Waals surface area contributed by atoms with Gasteiger partial charge in [0.25, 0.3) is 0 Å². The first-order valence-electron chi connectivity index (χ1n) is 5.87. The van der Waals surface area contributed by atoms with Gasteiger partial charge in [0.1, 0.15) is 0 Å². The van der Waals surface area contributed by atoms with E-state index in [1.165, 1.54) is 0 Å². The zero-order chi connectivity index (χ0) is 11.6. The number of nitrogens with two attached hydrogens (primary N) is 1. The van der Waals surface area contributed by atoms with Crippen LogP contribution in [-0.2, 0) is 19.0 Å². The maximum Gasteiger partial charge on any atom is 0.310 e. The standard InChI is InChI=1S/C11H19NO4/c1-2-14-10(13)8-7-11(4-3-9(8)12)15-5-6-16-11/h8-9H,2-7,12H2,1H3. The van der Waals surface area contributed by atoms with E-state index >= 15 is 0 Å². The first-order chi connectivity index (χ1) is 7.67. The molecule has 92 valence electrons. The zero-order valence-electron chi connectivity index (χ0n) is 9.61. The Bertz CT molecular complexity index is 263. The third kappa shape index (κ3) is 2.21. The molecule has 0 aromatic rings. The van der Waals surface area contributed by atoms with Crippen LogP contribution in [0.5, 0.6) is 0 Å². The summed E-state index contributed by atoms with van der Waals surface area (Å²) in [6.07, 6.45) is 2.03. The average molecular weight is 229 g/mol. The van der Waals surface area contributed by atoms with Gasteiger partial charge in [-0.05, 0) is 13.3 Å². The second kappa shape index (κ2) is 4.69. The predicted octanol–water partition coefficient (Wildman–Crippen LogP) is 0.420. The summed E-state index contributed by atoms with van der Waals surface area (Å²) in [4.78, 5) is 11.7. The lowest BCUT2D eigenvalue weighted by molar-refractivity contribution is -0.197. The molecule has 1 spiro atoms. The maximum atomic E-state index is 11.7. The molecular weight excluding hydrogens is 210 g/mol. The second-order valence-corrected chi connectivity index (χ2v) is 4.37. The van der Waals surface area contributed by atoms with Crippen molar-refractivity contribution in [1.29, 1.82) is 0 Å². The summed E-state index contributed by atoms with van der Waals surface area (Å²) < 4.78 is 16.2. The Morgan fingerprint density at radius 1 is 1.50 bits per heavy atom. The van der Waals surface area contributed by atoms with Crippen molar-refractivity contribution in [2.24, 2.45) is 11.7 Å². The topological polar surface area (TPSA) is 70.8 Å². The number of hydrogen-bond donors (Lipinski definition) is 1. The fourth-order valence-electron chi connectivity index (χ4n) is 2.44. The Balaban J connectivity index is 2.02. The minimum absolute atomic E-state index is 0.141. The normalized spacial score (nSPS) is 32.9. The highest BCUT2D eigenvalue weighted by molar-refractivity contribution is 5.73. The van der Waals surface area contributed by atoms with Gasteiger partial charge in [0, 0.05) is 18.9 Å². The van der Waals surface area contributed by atoms with Gasteiger partial charge < -0.3 is 19.9 Å². The van der Waals surface area contributed by atoms with Gasteiger partial charge in [0.15, 0.2) is 5.79 Å². The lowest BCUT2D eigenvalue weighted by atomic mass is 9.81. The molecule has 2 atom stereocenters. The summed E-state index contributed by atoms with van der Waals surface area (Å²) in [5.41, 5.74) is 5.95. The Morgan fingerprint density at radius 2 is 2.19 bits per heavy atom. The van der Waals surface area contributed by atoms with E-state index in [4.69, 9.17) is 19.9 Å². The minimum Gasteiger partial charge on any atom is -0.466 e. The van der Waals surface area contributed by atoms with Gasteiger partial charge in [0.05, 0.1) is 25.7 Å². The SMILES string of the molecule is CCOC(=O)C1CC2(CCC1N)OCCO2. The van der Waals surface area contributed by atoms with Gasteiger partial charge in [-0.1, -0.05) is 0 Å². The van der Waals surface area contributed by atoms with Crippen LogP contribution in [0.1, 0.15) is 26.2 Å². The fraction of sp³-hybridized carbons (Fsp3) is 0.909. The van der Waals surface area contributed by atoms with Crippen LogP contribution in [0.25, 0.3) is 0 Å². The van der Waals surface area contributed by atoms with Crippen LogP contribution >= 0.6 is 0 Å². The summed E-state index contributed by atoms with van der Waals surface area (Å²) in [6.45, 7) is 3.39. The Morgan fingerprint density at radius 3 is 2.81 bits per heavy atom. The number of carbonyl (C=O) groups is 1. The molecule has 0 aromatic carbocycles. The number of ether oxygens (including phenoxy) is 3. The van der Waals surface area contributed by atoms with Crippen LogP contribution in [-0.4, -0.2) is 37.6 Å². The van der Waals surface area contributed by atoms with E-state index < -0.39 is 5.79 Å². The third-order valence-electron chi connectivity index (χ3n) is 3.31. The molecule has 2 unspecified atom stereocenters. The minimum atomic E-state index is -0.576. The molecule has 5 heteroatoms. The third-order valence-corrected chi connectivity index (χ3v) is 3.31. The van der Waals surface area contributed by atoms with Crippen LogP contribution in [0, 0.1) is 5.92 Å². The van der Waals surface area contributed by atoms with Gasteiger partial charge >= 0.3 is 5.97 Å². The first-order valence-corrected chi connectivity index (χ1v) is 5.87. The van der Waals surface area contributed by atoms with Crippen molar-refractivity contribution in [3.8, 4) is 0 Å². The molecule has 1 heterocycles. The van der Waals surface area contributed by atoms with Crippen LogP contribution in [0.15, 0.2) is 0 Å². The van der Waals surface area contributed by atoms with Gasteiger partial charge in [0.2, 0.25) is 0 Å². The largest absolute Gasteiger partial charge is 0.466 e. The molecule has 1 aliphatic carbocycles. The molecule has 0 aromatic heterocycles. The van der Waals surface area contributed by atoms with E-state index in [0.717, 1.165) is 12.8 Å². The molecule has 0 bridgehead atoms. The summed E-state index contributed by atoms with van der Waals surface area (Å²) in [5, 5.41) is 0.